The number of carbonyl (C=O) groups excluding carboxylic acids is 1. The van der Waals surface area contributed by atoms with Gasteiger partial charge in [-0.25, -0.2) is 10.4 Å². The van der Waals surface area contributed by atoms with Crippen LogP contribution < -0.4 is 15.9 Å². The zero-order valence-electron chi connectivity index (χ0n) is 15.5. The van der Waals surface area contributed by atoms with Gasteiger partial charge in [0.2, 0.25) is 0 Å². The Morgan fingerprint density at radius 3 is 2.69 bits per heavy atom. The van der Waals surface area contributed by atoms with Gasteiger partial charge in [0.1, 0.15) is 17.2 Å². The first-order chi connectivity index (χ1) is 14.0. The Hall–Kier alpha value is -2.61. The van der Waals surface area contributed by atoms with Crippen molar-refractivity contribution in [3.63, 3.8) is 0 Å². The molecule has 0 fully saturated rings. The number of rotatable bonds is 7. The average molecular weight is 449 g/mol. The lowest BCUT2D eigenvalue weighted by atomic mass is 10.2. The Bertz CT molecular complexity index is 1030. The summed E-state index contributed by atoms with van der Waals surface area (Å²) in [5, 5.41) is 5.46. The topological polar surface area (TPSA) is 89.6 Å². The van der Waals surface area contributed by atoms with Crippen LogP contribution in [-0.4, -0.2) is 17.1 Å². The summed E-state index contributed by atoms with van der Waals surface area (Å²) >= 11 is 13.5. The highest BCUT2D eigenvalue weighted by Crippen LogP contribution is 2.26. The van der Waals surface area contributed by atoms with Gasteiger partial charge in [-0.15, -0.1) is 0 Å². The van der Waals surface area contributed by atoms with Gasteiger partial charge in [0.15, 0.2) is 5.13 Å². The highest BCUT2D eigenvalue weighted by Gasteiger charge is 2.15. The number of para-hydroxylation sites is 1. The van der Waals surface area contributed by atoms with Crippen molar-refractivity contribution in [3.05, 3.63) is 74.2 Å². The predicted molar refractivity (Wildman–Crippen MR) is 118 cm³/mol. The second kappa shape index (κ2) is 9.73. The van der Waals surface area contributed by atoms with Crippen LogP contribution in [0.15, 0.2) is 47.6 Å². The number of nitrogens with one attached hydrogen (secondary N) is 1. The number of thiazole rings is 1. The van der Waals surface area contributed by atoms with Gasteiger partial charge >= 0.3 is 0 Å². The number of benzene rings is 2. The summed E-state index contributed by atoms with van der Waals surface area (Å²) in [6.07, 6.45) is 2.12. The Morgan fingerprint density at radius 1 is 1.24 bits per heavy atom. The van der Waals surface area contributed by atoms with E-state index in [-0.39, 0.29) is 12.5 Å². The van der Waals surface area contributed by atoms with Crippen LogP contribution in [0, 0.1) is 0 Å². The van der Waals surface area contributed by atoms with Crippen molar-refractivity contribution in [2.75, 3.05) is 5.73 Å². The number of aryl methyl sites for hydroxylation is 1. The molecule has 3 rings (SSSR count). The van der Waals surface area contributed by atoms with Gasteiger partial charge in [-0.05, 0) is 30.7 Å². The molecule has 2 aromatic carbocycles. The van der Waals surface area contributed by atoms with Crippen molar-refractivity contribution in [3.8, 4) is 5.75 Å². The molecule has 0 saturated heterocycles. The molecule has 29 heavy (non-hydrogen) atoms. The van der Waals surface area contributed by atoms with Crippen LogP contribution in [0.3, 0.4) is 0 Å². The van der Waals surface area contributed by atoms with Crippen molar-refractivity contribution < 1.29 is 9.53 Å². The molecule has 6 nitrogen and oxygen atoms in total. The first-order valence-electron chi connectivity index (χ1n) is 8.73. The first-order valence-corrected chi connectivity index (χ1v) is 10.3. The lowest BCUT2D eigenvalue weighted by Crippen LogP contribution is -2.17. The van der Waals surface area contributed by atoms with Gasteiger partial charge in [-0.2, -0.15) is 5.10 Å². The number of hydrogen-bond donors (Lipinski definition) is 2. The van der Waals surface area contributed by atoms with E-state index in [1.807, 2.05) is 25.1 Å². The minimum Gasteiger partial charge on any atom is -0.488 e. The number of hydrogen-bond acceptors (Lipinski definition) is 6. The lowest BCUT2D eigenvalue weighted by molar-refractivity contribution is 0.0958. The summed E-state index contributed by atoms with van der Waals surface area (Å²) in [7, 11) is 0. The van der Waals surface area contributed by atoms with Gasteiger partial charge < -0.3 is 10.5 Å². The number of halogens is 2. The molecule has 3 N–H and O–H groups in total. The van der Waals surface area contributed by atoms with Gasteiger partial charge in [-0.1, -0.05) is 59.7 Å². The van der Waals surface area contributed by atoms with E-state index >= 15 is 0 Å². The number of hydrazone groups is 1. The van der Waals surface area contributed by atoms with Crippen molar-refractivity contribution in [1.29, 1.82) is 0 Å². The molecule has 0 radical (unpaired) electrons. The zero-order chi connectivity index (χ0) is 20.8. The van der Waals surface area contributed by atoms with Crippen LogP contribution in [0.25, 0.3) is 0 Å². The number of nitrogen functional groups attached to an aromatic ring is 1. The van der Waals surface area contributed by atoms with E-state index in [1.54, 1.807) is 24.3 Å². The van der Waals surface area contributed by atoms with Gasteiger partial charge in [0.25, 0.3) is 5.91 Å². The van der Waals surface area contributed by atoms with E-state index in [9.17, 15) is 4.79 Å². The molecule has 0 aliphatic rings. The fourth-order valence-electron chi connectivity index (χ4n) is 2.54. The number of aromatic nitrogens is 1. The normalized spacial score (nSPS) is 11.0. The smallest absolute Gasteiger partial charge is 0.283 e. The molecule has 1 heterocycles. The number of anilines is 1. The Morgan fingerprint density at radius 2 is 1.97 bits per heavy atom. The molecule has 3 aromatic rings. The number of nitrogens with zero attached hydrogens (tertiary/aromatic N) is 2. The van der Waals surface area contributed by atoms with Crippen LogP contribution in [0.5, 0.6) is 5.75 Å². The standard InChI is InChI=1S/C20H18Cl2N4O2S/c1-2-16-18(29-20(23)25-16)19(27)26-24-10-12-6-3-4-9-17(12)28-11-13-14(21)7-5-8-15(13)22/h3-10H,2,11H2,1H3,(H2,23,25)(H,26,27). The summed E-state index contributed by atoms with van der Waals surface area (Å²) in [5.74, 6) is 0.228. The molecule has 0 atom stereocenters. The highest BCUT2D eigenvalue weighted by atomic mass is 35.5. The van der Waals surface area contributed by atoms with Crippen LogP contribution in [0.4, 0.5) is 5.13 Å². The lowest BCUT2D eigenvalue weighted by Gasteiger charge is -2.11. The van der Waals surface area contributed by atoms with E-state index in [0.717, 1.165) is 11.3 Å². The fraction of sp³-hybridized carbons (Fsp3) is 0.150. The van der Waals surface area contributed by atoms with Crippen molar-refractivity contribution in [1.82, 2.24) is 10.4 Å². The van der Waals surface area contributed by atoms with Gasteiger partial charge in [-0.3, -0.25) is 4.79 Å². The molecule has 0 bridgehead atoms. The summed E-state index contributed by atoms with van der Waals surface area (Å²) in [5.41, 5.74) is 10.2. The van der Waals surface area contributed by atoms with Crippen LogP contribution in [0.1, 0.15) is 33.4 Å². The number of ether oxygens (including phenoxy) is 1. The Labute approximate surface area is 182 Å². The minimum atomic E-state index is -0.353. The molecular weight excluding hydrogens is 431 g/mol. The third kappa shape index (κ3) is 5.26. The van der Waals surface area contributed by atoms with Gasteiger partial charge in [0, 0.05) is 21.2 Å². The maximum Gasteiger partial charge on any atom is 0.283 e. The molecule has 9 heteroatoms. The first kappa shape index (κ1) is 21.1. The molecular formula is C20H18Cl2N4O2S. The van der Waals surface area contributed by atoms with E-state index in [4.69, 9.17) is 33.7 Å². The van der Waals surface area contributed by atoms with E-state index < -0.39 is 0 Å². The molecule has 0 spiro atoms. The third-order valence-electron chi connectivity index (χ3n) is 3.98. The monoisotopic (exact) mass is 448 g/mol. The third-order valence-corrected chi connectivity index (χ3v) is 5.61. The Kier molecular flexibility index (Phi) is 7.09. The van der Waals surface area contributed by atoms with Crippen molar-refractivity contribution in [2.24, 2.45) is 5.10 Å². The molecule has 0 aliphatic heterocycles. The SMILES string of the molecule is CCc1nc(N)sc1C(=O)NN=Cc1ccccc1OCc1c(Cl)cccc1Cl. The Balaban J connectivity index is 1.69. The average Bonchev–Trinajstić information content (AvgIpc) is 3.09. The summed E-state index contributed by atoms with van der Waals surface area (Å²) < 4.78 is 5.87. The summed E-state index contributed by atoms with van der Waals surface area (Å²) in [6, 6.07) is 12.6. The summed E-state index contributed by atoms with van der Waals surface area (Å²) in [4.78, 5) is 16.9. The molecule has 1 amide bonds. The molecule has 0 aliphatic carbocycles. The van der Waals surface area contributed by atoms with Gasteiger partial charge in [0.05, 0.1) is 11.9 Å². The second-order valence-corrected chi connectivity index (χ2v) is 7.75. The quantitative estimate of drug-likeness (QED) is 0.395. The van der Waals surface area contributed by atoms with Crippen LogP contribution >= 0.6 is 34.5 Å². The van der Waals surface area contributed by atoms with E-state index in [2.05, 4.69) is 15.5 Å². The van der Waals surface area contributed by atoms with Crippen molar-refractivity contribution >= 4 is 51.8 Å². The minimum absolute atomic E-state index is 0.204. The maximum absolute atomic E-state index is 12.3. The highest BCUT2D eigenvalue weighted by molar-refractivity contribution is 7.17. The number of nitrogens with two attached hydrogens (primary N) is 1. The molecule has 150 valence electrons. The molecule has 0 saturated carbocycles. The second-order valence-electron chi connectivity index (χ2n) is 5.91. The number of carbonyl (C=O) groups is 1. The predicted octanol–water partition coefficient (Wildman–Crippen LogP) is 4.94. The molecule has 0 unspecified atom stereocenters. The molecule has 1 aromatic heterocycles. The fourth-order valence-corrected chi connectivity index (χ4v) is 3.85. The van der Waals surface area contributed by atoms with Crippen LogP contribution in [0.2, 0.25) is 10.0 Å². The number of amides is 1. The maximum atomic E-state index is 12.3. The van der Waals surface area contributed by atoms with Crippen molar-refractivity contribution in [2.45, 2.75) is 20.0 Å². The summed E-state index contributed by atoms with van der Waals surface area (Å²) in [6.45, 7) is 2.11. The van der Waals surface area contributed by atoms with Crippen LogP contribution in [-0.2, 0) is 13.0 Å². The van der Waals surface area contributed by atoms with E-state index in [1.165, 1.54) is 6.21 Å². The zero-order valence-corrected chi connectivity index (χ0v) is 17.8. The van der Waals surface area contributed by atoms with E-state index in [0.29, 0.717) is 49.0 Å². The largest absolute Gasteiger partial charge is 0.488 e.